The summed E-state index contributed by atoms with van der Waals surface area (Å²) in [4.78, 5) is 27.8. The van der Waals surface area contributed by atoms with Crippen molar-refractivity contribution in [2.75, 3.05) is 33.8 Å². The number of amides is 1. The minimum absolute atomic E-state index is 0.149. The van der Waals surface area contributed by atoms with Crippen molar-refractivity contribution in [2.45, 2.75) is 33.2 Å². The molecule has 1 aromatic heterocycles. The lowest BCUT2D eigenvalue weighted by atomic mass is 10.0. The first kappa shape index (κ1) is 17.5. The molecule has 0 bridgehead atoms. The number of aryl methyl sites for hydroxylation is 1. The summed E-state index contributed by atoms with van der Waals surface area (Å²) in [5.74, 6) is 1.52. The van der Waals surface area contributed by atoms with Gasteiger partial charge in [-0.1, -0.05) is 6.92 Å². The zero-order chi connectivity index (χ0) is 17.0. The Morgan fingerprint density at radius 2 is 2.22 bits per heavy atom. The van der Waals surface area contributed by atoms with Crippen LogP contribution in [0.3, 0.4) is 0 Å². The van der Waals surface area contributed by atoms with E-state index in [0.29, 0.717) is 36.1 Å². The molecule has 0 aliphatic carbocycles. The zero-order valence-electron chi connectivity index (χ0n) is 14.4. The lowest BCUT2D eigenvalue weighted by molar-refractivity contribution is -0.133. The van der Waals surface area contributed by atoms with Gasteiger partial charge >= 0.3 is 5.97 Å². The Morgan fingerprint density at radius 1 is 1.48 bits per heavy atom. The van der Waals surface area contributed by atoms with E-state index in [2.05, 4.69) is 6.92 Å². The van der Waals surface area contributed by atoms with Crippen LogP contribution in [0.25, 0.3) is 0 Å². The molecule has 0 saturated carbocycles. The average molecular weight is 322 g/mol. The molecule has 0 radical (unpaired) electrons. The lowest BCUT2D eigenvalue weighted by Gasteiger charge is -2.32. The molecule has 1 saturated heterocycles. The van der Waals surface area contributed by atoms with E-state index in [4.69, 9.17) is 9.15 Å². The van der Waals surface area contributed by atoms with Crippen LogP contribution in [0, 0.1) is 12.8 Å². The van der Waals surface area contributed by atoms with Gasteiger partial charge < -0.3 is 14.1 Å². The van der Waals surface area contributed by atoms with Crippen molar-refractivity contribution in [3.63, 3.8) is 0 Å². The number of carbonyl (C=O) groups excluding carboxylic acids is 2. The minimum Gasteiger partial charge on any atom is -0.465 e. The number of likely N-dealkylation sites (tertiary alicyclic amines) is 1. The lowest BCUT2D eigenvalue weighted by Crippen LogP contribution is -2.43. The maximum Gasteiger partial charge on any atom is 0.341 e. The van der Waals surface area contributed by atoms with Gasteiger partial charge in [0.15, 0.2) is 0 Å². The summed E-state index contributed by atoms with van der Waals surface area (Å²) in [7, 11) is 3.22. The molecule has 1 aliphatic heterocycles. The molecule has 2 heterocycles. The smallest absolute Gasteiger partial charge is 0.341 e. The normalized spacial score (nSPS) is 18.3. The number of furan rings is 1. The van der Waals surface area contributed by atoms with Crippen molar-refractivity contribution in [3.05, 3.63) is 23.2 Å². The highest BCUT2D eigenvalue weighted by Gasteiger charge is 2.22. The first-order chi connectivity index (χ1) is 10.9. The van der Waals surface area contributed by atoms with E-state index in [1.807, 2.05) is 16.8 Å². The van der Waals surface area contributed by atoms with Crippen LogP contribution < -0.4 is 0 Å². The second-order valence-corrected chi connectivity index (χ2v) is 6.43. The zero-order valence-corrected chi connectivity index (χ0v) is 14.4. The second kappa shape index (κ2) is 7.64. The second-order valence-electron chi connectivity index (χ2n) is 6.43. The van der Waals surface area contributed by atoms with E-state index in [-0.39, 0.29) is 5.91 Å². The molecule has 0 aromatic carbocycles. The third kappa shape index (κ3) is 4.58. The minimum atomic E-state index is -0.404. The molecule has 1 fully saturated rings. The van der Waals surface area contributed by atoms with Crippen LogP contribution in [-0.4, -0.2) is 55.5 Å². The molecule has 2 rings (SSSR count). The highest BCUT2D eigenvalue weighted by molar-refractivity contribution is 5.90. The van der Waals surface area contributed by atoms with Gasteiger partial charge in [-0.05, 0) is 38.8 Å². The van der Waals surface area contributed by atoms with E-state index >= 15 is 0 Å². The summed E-state index contributed by atoms with van der Waals surface area (Å²) in [6.07, 6.45) is 2.28. The Morgan fingerprint density at radius 3 is 2.87 bits per heavy atom. The number of rotatable bonds is 5. The third-order valence-corrected chi connectivity index (χ3v) is 4.21. The first-order valence-electron chi connectivity index (χ1n) is 8.04. The monoisotopic (exact) mass is 322 g/mol. The summed E-state index contributed by atoms with van der Waals surface area (Å²) >= 11 is 0. The Hall–Kier alpha value is -1.82. The molecule has 1 aromatic rings. The number of piperidine rings is 1. The Bertz CT molecular complexity index is 567. The SMILES string of the molecule is COC(=O)c1cc(CN(C)CC(=O)N2CCCC(C)C2)oc1C. The maximum atomic E-state index is 12.4. The molecule has 1 unspecified atom stereocenters. The summed E-state index contributed by atoms with van der Waals surface area (Å²) in [6, 6.07) is 1.69. The Balaban J connectivity index is 1.90. The molecule has 23 heavy (non-hydrogen) atoms. The topological polar surface area (TPSA) is 63.0 Å². The largest absolute Gasteiger partial charge is 0.465 e. The molecular weight excluding hydrogens is 296 g/mol. The van der Waals surface area contributed by atoms with Gasteiger partial charge in [-0.3, -0.25) is 9.69 Å². The van der Waals surface area contributed by atoms with Crippen LogP contribution in [0.5, 0.6) is 0 Å². The average Bonchev–Trinajstić information content (AvgIpc) is 2.86. The van der Waals surface area contributed by atoms with Crippen LogP contribution in [0.1, 0.15) is 41.6 Å². The van der Waals surface area contributed by atoms with Crippen molar-refractivity contribution in [1.82, 2.24) is 9.80 Å². The van der Waals surface area contributed by atoms with Crippen LogP contribution in [0.15, 0.2) is 10.5 Å². The molecule has 128 valence electrons. The summed E-state index contributed by atoms with van der Waals surface area (Å²) in [6.45, 7) is 6.44. The fraction of sp³-hybridized carbons (Fsp3) is 0.647. The van der Waals surface area contributed by atoms with Gasteiger partial charge in [-0.2, -0.15) is 0 Å². The quantitative estimate of drug-likeness (QED) is 0.777. The van der Waals surface area contributed by atoms with E-state index < -0.39 is 5.97 Å². The molecule has 1 aliphatic rings. The Kier molecular flexibility index (Phi) is 5.82. The number of hydrogen-bond acceptors (Lipinski definition) is 5. The van der Waals surface area contributed by atoms with Gasteiger partial charge in [0.2, 0.25) is 5.91 Å². The van der Waals surface area contributed by atoms with Crippen molar-refractivity contribution in [1.29, 1.82) is 0 Å². The third-order valence-electron chi connectivity index (χ3n) is 4.21. The number of esters is 1. The molecule has 0 N–H and O–H groups in total. The van der Waals surface area contributed by atoms with E-state index in [0.717, 1.165) is 19.5 Å². The number of hydrogen-bond donors (Lipinski definition) is 0. The predicted molar refractivity (Wildman–Crippen MR) is 86.1 cm³/mol. The molecule has 1 amide bonds. The van der Waals surface area contributed by atoms with Crippen LogP contribution in [0.4, 0.5) is 0 Å². The number of carbonyl (C=O) groups is 2. The fourth-order valence-corrected chi connectivity index (χ4v) is 3.00. The van der Waals surface area contributed by atoms with Gasteiger partial charge in [0.05, 0.1) is 20.2 Å². The van der Waals surface area contributed by atoms with Crippen molar-refractivity contribution in [2.24, 2.45) is 5.92 Å². The van der Waals surface area contributed by atoms with Gasteiger partial charge in [-0.25, -0.2) is 4.79 Å². The number of likely N-dealkylation sites (N-methyl/N-ethyl adjacent to an activating group) is 1. The first-order valence-corrected chi connectivity index (χ1v) is 8.04. The van der Waals surface area contributed by atoms with Gasteiger partial charge in [0.25, 0.3) is 0 Å². The van der Waals surface area contributed by atoms with E-state index in [9.17, 15) is 9.59 Å². The van der Waals surface area contributed by atoms with E-state index in [1.165, 1.54) is 13.5 Å². The van der Waals surface area contributed by atoms with Gasteiger partial charge in [0, 0.05) is 13.1 Å². The number of methoxy groups -OCH3 is 1. The van der Waals surface area contributed by atoms with Crippen LogP contribution >= 0.6 is 0 Å². The fourth-order valence-electron chi connectivity index (χ4n) is 3.00. The number of nitrogens with zero attached hydrogens (tertiary/aromatic N) is 2. The molecule has 0 spiro atoms. The van der Waals surface area contributed by atoms with Crippen molar-refractivity contribution in [3.8, 4) is 0 Å². The molecule has 6 nitrogen and oxygen atoms in total. The van der Waals surface area contributed by atoms with Crippen molar-refractivity contribution >= 4 is 11.9 Å². The van der Waals surface area contributed by atoms with E-state index in [1.54, 1.807) is 13.0 Å². The van der Waals surface area contributed by atoms with Crippen LogP contribution in [-0.2, 0) is 16.1 Å². The Labute approximate surface area is 137 Å². The van der Waals surface area contributed by atoms with Crippen molar-refractivity contribution < 1.29 is 18.7 Å². The standard InChI is InChI=1S/C17H26N2O4/c1-12-6-5-7-19(9-12)16(20)11-18(3)10-14-8-15(13(2)23-14)17(21)22-4/h8,12H,5-7,9-11H2,1-4H3. The maximum absolute atomic E-state index is 12.4. The highest BCUT2D eigenvalue weighted by atomic mass is 16.5. The predicted octanol–water partition coefficient (Wildman–Crippen LogP) is 2.06. The molecule has 1 atom stereocenters. The summed E-state index contributed by atoms with van der Waals surface area (Å²) < 4.78 is 10.3. The highest BCUT2D eigenvalue weighted by Crippen LogP contribution is 2.18. The summed E-state index contributed by atoms with van der Waals surface area (Å²) in [5.41, 5.74) is 0.437. The van der Waals surface area contributed by atoms with Gasteiger partial charge in [-0.15, -0.1) is 0 Å². The molecular formula is C17H26N2O4. The molecule has 6 heteroatoms. The summed E-state index contributed by atoms with van der Waals surface area (Å²) in [5, 5.41) is 0. The van der Waals surface area contributed by atoms with Crippen LogP contribution in [0.2, 0.25) is 0 Å². The number of ether oxygens (including phenoxy) is 1. The van der Waals surface area contributed by atoms with Gasteiger partial charge in [0.1, 0.15) is 17.1 Å².